The average molecular weight is 262 g/mol. The lowest BCUT2D eigenvalue weighted by Crippen LogP contribution is -2.36. The Morgan fingerprint density at radius 1 is 1.21 bits per heavy atom. The standard InChI is InChI=1S/C16H26N2O/c1-17(11-12-18-9-4-3-5-10-18)14-15-7-6-8-16(13-15)19-2/h6-8,13H,3-5,9-12,14H2,1-2H3. The second kappa shape index (κ2) is 7.51. The zero-order chi connectivity index (χ0) is 13.5. The fraction of sp³-hybridized carbons (Fsp3) is 0.625. The van der Waals surface area contributed by atoms with Crippen molar-refractivity contribution >= 4 is 0 Å². The largest absolute Gasteiger partial charge is 0.497 e. The summed E-state index contributed by atoms with van der Waals surface area (Å²) in [5.41, 5.74) is 1.32. The number of hydrogen-bond donors (Lipinski definition) is 0. The molecule has 1 fully saturated rings. The first kappa shape index (κ1) is 14.4. The summed E-state index contributed by atoms with van der Waals surface area (Å²) in [6.07, 6.45) is 4.16. The van der Waals surface area contributed by atoms with E-state index in [0.717, 1.165) is 18.8 Å². The second-order valence-electron chi connectivity index (χ2n) is 5.49. The maximum Gasteiger partial charge on any atom is 0.119 e. The minimum Gasteiger partial charge on any atom is -0.497 e. The van der Waals surface area contributed by atoms with Gasteiger partial charge in [-0.15, -0.1) is 0 Å². The molecule has 0 atom stereocenters. The Labute approximate surface area is 117 Å². The smallest absolute Gasteiger partial charge is 0.119 e. The molecule has 3 nitrogen and oxygen atoms in total. The lowest BCUT2D eigenvalue weighted by Gasteiger charge is -2.28. The fourth-order valence-electron chi connectivity index (χ4n) is 2.66. The number of nitrogens with zero attached hydrogens (tertiary/aromatic N) is 2. The minimum absolute atomic E-state index is 0.946. The van der Waals surface area contributed by atoms with Gasteiger partial charge in [0.1, 0.15) is 5.75 Å². The summed E-state index contributed by atoms with van der Waals surface area (Å²) in [7, 11) is 3.92. The van der Waals surface area contributed by atoms with Crippen LogP contribution in [0.1, 0.15) is 24.8 Å². The van der Waals surface area contributed by atoms with Crippen molar-refractivity contribution in [2.75, 3.05) is 40.3 Å². The number of methoxy groups -OCH3 is 1. The molecule has 106 valence electrons. The molecule has 0 aliphatic carbocycles. The van der Waals surface area contributed by atoms with E-state index in [1.165, 1.54) is 44.5 Å². The number of benzene rings is 1. The number of ether oxygens (including phenoxy) is 1. The Bertz CT molecular complexity index is 375. The number of likely N-dealkylation sites (tertiary alicyclic amines) is 1. The molecule has 0 unspecified atom stereocenters. The molecule has 0 aromatic heterocycles. The lowest BCUT2D eigenvalue weighted by molar-refractivity contribution is 0.194. The molecule has 0 radical (unpaired) electrons. The van der Waals surface area contributed by atoms with E-state index < -0.39 is 0 Å². The average Bonchev–Trinajstić information content (AvgIpc) is 2.46. The normalized spacial score (nSPS) is 16.8. The Kier molecular flexibility index (Phi) is 5.67. The highest BCUT2D eigenvalue weighted by Gasteiger charge is 2.10. The molecule has 2 rings (SSSR count). The first-order chi connectivity index (χ1) is 9.28. The highest BCUT2D eigenvalue weighted by Crippen LogP contribution is 2.14. The van der Waals surface area contributed by atoms with Crippen LogP contribution in [0.15, 0.2) is 24.3 Å². The fourth-order valence-corrected chi connectivity index (χ4v) is 2.66. The number of piperidine rings is 1. The molecule has 0 N–H and O–H groups in total. The zero-order valence-electron chi connectivity index (χ0n) is 12.3. The van der Waals surface area contributed by atoms with Gasteiger partial charge in [0.25, 0.3) is 0 Å². The maximum atomic E-state index is 5.26. The molecular formula is C16H26N2O. The second-order valence-corrected chi connectivity index (χ2v) is 5.49. The van der Waals surface area contributed by atoms with Gasteiger partial charge in [-0.2, -0.15) is 0 Å². The van der Waals surface area contributed by atoms with Gasteiger partial charge in [0, 0.05) is 19.6 Å². The van der Waals surface area contributed by atoms with E-state index in [1.54, 1.807) is 7.11 Å². The molecule has 1 aliphatic rings. The van der Waals surface area contributed by atoms with Gasteiger partial charge in [-0.1, -0.05) is 18.6 Å². The van der Waals surface area contributed by atoms with Crippen LogP contribution >= 0.6 is 0 Å². The van der Waals surface area contributed by atoms with Crippen LogP contribution in [0.3, 0.4) is 0 Å². The predicted molar refractivity (Wildman–Crippen MR) is 79.6 cm³/mol. The summed E-state index contributed by atoms with van der Waals surface area (Å²) in [4.78, 5) is 4.98. The number of hydrogen-bond acceptors (Lipinski definition) is 3. The maximum absolute atomic E-state index is 5.26. The van der Waals surface area contributed by atoms with Crippen LogP contribution in [0.4, 0.5) is 0 Å². The first-order valence-corrected chi connectivity index (χ1v) is 7.32. The highest BCUT2D eigenvalue weighted by molar-refractivity contribution is 5.28. The third kappa shape index (κ3) is 4.84. The van der Waals surface area contributed by atoms with E-state index in [1.807, 2.05) is 6.07 Å². The third-order valence-corrected chi connectivity index (χ3v) is 3.83. The molecule has 0 spiro atoms. The number of rotatable bonds is 6. The van der Waals surface area contributed by atoms with Crippen molar-refractivity contribution < 1.29 is 4.74 Å². The van der Waals surface area contributed by atoms with Crippen LogP contribution in [-0.2, 0) is 6.54 Å². The van der Waals surface area contributed by atoms with Crippen molar-refractivity contribution in [1.29, 1.82) is 0 Å². The van der Waals surface area contributed by atoms with Crippen LogP contribution in [0.2, 0.25) is 0 Å². The molecule has 0 saturated carbocycles. The van der Waals surface area contributed by atoms with Gasteiger partial charge < -0.3 is 14.5 Å². The van der Waals surface area contributed by atoms with E-state index >= 15 is 0 Å². The zero-order valence-corrected chi connectivity index (χ0v) is 12.3. The van der Waals surface area contributed by atoms with E-state index in [4.69, 9.17) is 4.74 Å². The summed E-state index contributed by atoms with van der Waals surface area (Å²) < 4.78 is 5.26. The minimum atomic E-state index is 0.946. The summed E-state index contributed by atoms with van der Waals surface area (Å²) in [5.74, 6) is 0.946. The van der Waals surface area contributed by atoms with Crippen molar-refractivity contribution in [2.24, 2.45) is 0 Å². The van der Waals surface area contributed by atoms with Crippen LogP contribution in [0, 0.1) is 0 Å². The SMILES string of the molecule is COc1cccc(CN(C)CCN2CCCCC2)c1. The molecule has 1 aromatic carbocycles. The van der Waals surface area contributed by atoms with Crippen molar-refractivity contribution in [3.8, 4) is 5.75 Å². The van der Waals surface area contributed by atoms with Gasteiger partial charge in [0.2, 0.25) is 0 Å². The molecule has 1 aromatic rings. The van der Waals surface area contributed by atoms with Gasteiger partial charge >= 0.3 is 0 Å². The van der Waals surface area contributed by atoms with Crippen LogP contribution < -0.4 is 4.74 Å². The van der Waals surface area contributed by atoms with E-state index in [0.29, 0.717) is 0 Å². The van der Waals surface area contributed by atoms with Crippen molar-refractivity contribution in [2.45, 2.75) is 25.8 Å². The number of likely N-dealkylation sites (N-methyl/N-ethyl adjacent to an activating group) is 1. The molecule has 1 heterocycles. The van der Waals surface area contributed by atoms with E-state index in [9.17, 15) is 0 Å². The van der Waals surface area contributed by atoms with Crippen LogP contribution in [0.5, 0.6) is 5.75 Å². The molecule has 1 saturated heterocycles. The lowest BCUT2D eigenvalue weighted by atomic mass is 10.1. The van der Waals surface area contributed by atoms with Crippen LogP contribution in [0.25, 0.3) is 0 Å². The van der Waals surface area contributed by atoms with Crippen molar-refractivity contribution in [1.82, 2.24) is 9.80 Å². The third-order valence-electron chi connectivity index (χ3n) is 3.83. The predicted octanol–water partition coefficient (Wildman–Crippen LogP) is 2.61. The molecule has 0 amide bonds. The Morgan fingerprint density at radius 3 is 2.74 bits per heavy atom. The molecule has 1 aliphatic heterocycles. The van der Waals surface area contributed by atoms with Gasteiger partial charge in [0.15, 0.2) is 0 Å². The van der Waals surface area contributed by atoms with Crippen molar-refractivity contribution in [3.05, 3.63) is 29.8 Å². The Morgan fingerprint density at radius 2 is 2.00 bits per heavy atom. The monoisotopic (exact) mass is 262 g/mol. The summed E-state index contributed by atoms with van der Waals surface area (Å²) in [6, 6.07) is 8.35. The molecule has 3 heteroatoms. The molecular weight excluding hydrogens is 236 g/mol. The summed E-state index contributed by atoms with van der Waals surface area (Å²) >= 11 is 0. The summed E-state index contributed by atoms with van der Waals surface area (Å²) in [5, 5.41) is 0. The van der Waals surface area contributed by atoms with E-state index in [-0.39, 0.29) is 0 Å². The Balaban J connectivity index is 1.75. The first-order valence-electron chi connectivity index (χ1n) is 7.32. The van der Waals surface area contributed by atoms with Crippen LogP contribution in [-0.4, -0.2) is 50.1 Å². The quantitative estimate of drug-likeness (QED) is 0.784. The topological polar surface area (TPSA) is 15.7 Å². The Hall–Kier alpha value is -1.06. The highest BCUT2D eigenvalue weighted by atomic mass is 16.5. The van der Waals surface area contributed by atoms with Gasteiger partial charge in [-0.3, -0.25) is 0 Å². The van der Waals surface area contributed by atoms with Crippen molar-refractivity contribution in [3.63, 3.8) is 0 Å². The summed E-state index contributed by atoms with van der Waals surface area (Å²) in [6.45, 7) is 5.89. The molecule has 19 heavy (non-hydrogen) atoms. The van der Waals surface area contributed by atoms with Gasteiger partial charge in [0.05, 0.1) is 7.11 Å². The van der Waals surface area contributed by atoms with Gasteiger partial charge in [-0.05, 0) is 50.7 Å². The molecule has 0 bridgehead atoms. The van der Waals surface area contributed by atoms with Gasteiger partial charge in [-0.25, -0.2) is 0 Å². The van der Waals surface area contributed by atoms with E-state index in [2.05, 4.69) is 35.0 Å².